The van der Waals surface area contributed by atoms with Gasteiger partial charge in [-0.15, -0.1) is 0 Å². The summed E-state index contributed by atoms with van der Waals surface area (Å²) in [7, 11) is 0. The summed E-state index contributed by atoms with van der Waals surface area (Å²) in [5.74, 6) is 1.35. The molecule has 1 saturated carbocycles. The number of benzene rings is 3. The van der Waals surface area contributed by atoms with Crippen molar-refractivity contribution in [1.82, 2.24) is 19.9 Å². The van der Waals surface area contributed by atoms with Crippen LogP contribution in [0.5, 0.6) is 0 Å². The molecular formula is C35H32N6O4. The smallest absolute Gasteiger partial charge is 0.408 e. The number of nitro benzene ring substituents is 1. The Balaban J connectivity index is 1.41. The van der Waals surface area contributed by atoms with Gasteiger partial charge in [0.05, 0.1) is 33.2 Å². The highest BCUT2D eigenvalue weighted by atomic mass is 16.6. The van der Waals surface area contributed by atoms with Gasteiger partial charge >= 0.3 is 6.09 Å². The Hall–Kier alpha value is -5.51. The van der Waals surface area contributed by atoms with Crippen LogP contribution in [0, 0.1) is 10.1 Å². The van der Waals surface area contributed by atoms with Crippen molar-refractivity contribution in [1.29, 1.82) is 0 Å². The molecule has 10 heteroatoms. The van der Waals surface area contributed by atoms with Gasteiger partial charge in [-0.3, -0.25) is 14.7 Å². The van der Waals surface area contributed by atoms with Crippen molar-refractivity contribution >= 4 is 23.3 Å². The first-order valence-corrected chi connectivity index (χ1v) is 14.9. The molecule has 0 atom stereocenters. The van der Waals surface area contributed by atoms with E-state index >= 15 is 0 Å². The SMILES string of the molecule is CC(C)(C)OC(=O)NC1(c2ccc(-c3c(-c4cccc([N+](=O)[O-])c4)nc4n3-c3cccnc3Nc3ccccc3-4)cc2)CCC1. The number of anilines is 2. The van der Waals surface area contributed by atoms with Crippen LogP contribution in [0.4, 0.5) is 22.0 Å². The largest absolute Gasteiger partial charge is 0.444 e. The molecule has 1 fully saturated rings. The molecule has 0 unspecified atom stereocenters. The van der Waals surface area contributed by atoms with Crippen molar-refractivity contribution in [2.45, 2.75) is 51.2 Å². The van der Waals surface area contributed by atoms with Gasteiger partial charge in [-0.05, 0) is 69.9 Å². The minimum Gasteiger partial charge on any atom is -0.444 e. The van der Waals surface area contributed by atoms with Crippen LogP contribution in [0.3, 0.4) is 0 Å². The Morgan fingerprint density at radius 3 is 2.49 bits per heavy atom. The first-order valence-electron chi connectivity index (χ1n) is 14.9. The van der Waals surface area contributed by atoms with Crippen LogP contribution in [-0.2, 0) is 10.3 Å². The fourth-order valence-electron chi connectivity index (χ4n) is 6.12. The number of alkyl carbamates (subject to hydrolysis) is 1. The summed E-state index contributed by atoms with van der Waals surface area (Å²) in [6, 6.07) is 26.4. The van der Waals surface area contributed by atoms with Crippen molar-refractivity contribution in [3.63, 3.8) is 0 Å². The number of fused-ring (bicyclic) bond motifs is 5. The van der Waals surface area contributed by atoms with Crippen LogP contribution in [0.2, 0.25) is 0 Å². The summed E-state index contributed by atoms with van der Waals surface area (Å²) >= 11 is 0. The number of carbonyl (C=O) groups excluding carboxylic acids is 1. The quantitative estimate of drug-likeness (QED) is 0.151. The zero-order valence-electron chi connectivity index (χ0n) is 25.2. The predicted octanol–water partition coefficient (Wildman–Crippen LogP) is 8.14. The van der Waals surface area contributed by atoms with Gasteiger partial charge in [0.1, 0.15) is 11.4 Å². The fraction of sp³-hybridized carbons (Fsp3) is 0.229. The maximum Gasteiger partial charge on any atom is 0.408 e. The van der Waals surface area contributed by atoms with E-state index in [1.165, 1.54) is 6.07 Å². The van der Waals surface area contributed by atoms with E-state index < -0.39 is 22.2 Å². The lowest BCUT2D eigenvalue weighted by Gasteiger charge is -2.43. The molecule has 1 amide bonds. The van der Waals surface area contributed by atoms with E-state index in [1.807, 2.05) is 87.5 Å². The molecule has 7 rings (SSSR count). The van der Waals surface area contributed by atoms with Gasteiger partial charge in [-0.25, -0.2) is 14.8 Å². The molecule has 2 aliphatic rings. The molecule has 3 heterocycles. The van der Waals surface area contributed by atoms with Crippen molar-refractivity contribution in [3.8, 4) is 39.6 Å². The van der Waals surface area contributed by atoms with Crippen molar-refractivity contribution < 1.29 is 14.5 Å². The summed E-state index contributed by atoms with van der Waals surface area (Å²) in [5.41, 5.74) is 5.28. The average Bonchev–Trinajstić information content (AvgIpc) is 3.33. The van der Waals surface area contributed by atoms with E-state index in [-0.39, 0.29) is 5.69 Å². The van der Waals surface area contributed by atoms with Gasteiger partial charge in [-0.2, -0.15) is 0 Å². The highest BCUT2D eigenvalue weighted by molar-refractivity contribution is 5.91. The molecule has 0 saturated heterocycles. The highest BCUT2D eigenvalue weighted by Crippen LogP contribution is 2.46. The zero-order chi connectivity index (χ0) is 31.3. The lowest BCUT2D eigenvalue weighted by atomic mass is 9.71. The second-order valence-corrected chi connectivity index (χ2v) is 12.5. The minimum atomic E-state index is -0.597. The number of non-ortho nitro benzene ring substituents is 1. The lowest BCUT2D eigenvalue weighted by Crippen LogP contribution is -2.52. The third-order valence-corrected chi connectivity index (χ3v) is 8.31. The highest BCUT2D eigenvalue weighted by Gasteiger charge is 2.41. The number of hydrogen-bond acceptors (Lipinski definition) is 7. The van der Waals surface area contributed by atoms with Gasteiger partial charge in [0.25, 0.3) is 5.69 Å². The van der Waals surface area contributed by atoms with Gasteiger partial charge < -0.3 is 15.4 Å². The summed E-state index contributed by atoms with van der Waals surface area (Å²) in [6.07, 6.45) is 3.93. The van der Waals surface area contributed by atoms with Gasteiger partial charge in [0.2, 0.25) is 0 Å². The van der Waals surface area contributed by atoms with E-state index in [0.29, 0.717) is 22.9 Å². The molecule has 2 N–H and O–H groups in total. The number of carbonyl (C=O) groups is 1. The van der Waals surface area contributed by atoms with Crippen LogP contribution in [0.1, 0.15) is 45.6 Å². The number of aromatic nitrogens is 3. The molecule has 0 radical (unpaired) electrons. The summed E-state index contributed by atoms with van der Waals surface area (Å²) in [5, 5.41) is 18.3. The molecule has 10 nitrogen and oxygen atoms in total. The molecule has 1 aliphatic carbocycles. The number of hydrogen-bond donors (Lipinski definition) is 2. The Morgan fingerprint density at radius 1 is 1.00 bits per heavy atom. The first-order chi connectivity index (χ1) is 21.6. The standard InChI is InChI=1S/C35H32N6O4/c1-34(2,3)45-33(42)39-35(18-8-19-35)24-16-14-22(15-17-24)30-29(23-9-6-10-25(21-23)41(43)44)38-32-26-11-4-5-12-27(26)37-31-28(40(30)32)13-7-20-36-31/h4-7,9-17,20-21H,8,18-19H2,1-3H3,(H,36,37)(H,39,42). The lowest BCUT2D eigenvalue weighted by molar-refractivity contribution is -0.384. The number of para-hydroxylation sites is 1. The molecule has 0 bridgehead atoms. The molecule has 3 aromatic carbocycles. The normalized spacial score (nSPS) is 14.5. The number of nitrogens with one attached hydrogen (secondary N) is 2. The van der Waals surface area contributed by atoms with Gasteiger partial charge in [0.15, 0.2) is 5.82 Å². The number of amides is 1. The summed E-state index contributed by atoms with van der Waals surface area (Å²) < 4.78 is 7.65. The maximum atomic E-state index is 12.8. The molecule has 1 aliphatic heterocycles. The molecule has 226 valence electrons. The second-order valence-electron chi connectivity index (χ2n) is 12.5. The van der Waals surface area contributed by atoms with Crippen LogP contribution in [-0.4, -0.2) is 31.2 Å². The Labute approximate surface area is 260 Å². The number of rotatable bonds is 5. The van der Waals surface area contributed by atoms with E-state index in [2.05, 4.69) is 20.2 Å². The van der Waals surface area contributed by atoms with Crippen molar-refractivity contribution in [2.75, 3.05) is 5.32 Å². The molecule has 0 spiro atoms. The Kier molecular flexibility index (Phi) is 6.65. The molecule has 45 heavy (non-hydrogen) atoms. The number of nitrogens with zero attached hydrogens (tertiary/aromatic N) is 4. The monoisotopic (exact) mass is 600 g/mol. The van der Waals surface area contributed by atoms with Crippen molar-refractivity contribution in [3.05, 3.63) is 107 Å². The number of ether oxygens (including phenoxy) is 1. The maximum absolute atomic E-state index is 12.8. The second kappa shape index (κ2) is 10.6. The number of nitro groups is 1. The van der Waals surface area contributed by atoms with Gasteiger partial charge in [0, 0.05) is 35.0 Å². The Bertz CT molecular complexity index is 1950. The third kappa shape index (κ3) is 5.08. The Morgan fingerprint density at radius 2 is 1.78 bits per heavy atom. The van der Waals surface area contributed by atoms with Crippen molar-refractivity contribution in [2.24, 2.45) is 0 Å². The van der Waals surface area contributed by atoms with Gasteiger partial charge in [-0.1, -0.05) is 48.5 Å². The van der Waals surface area contributed by atoms with Crippen LogP contribution in [0.25, 0.3) is 39.6 Å². The molecule has 5 aromatic rings. The molecular weight excluding hydrogens is 568 g/mol. The van der Waals surface area contributed by atoms with E-state index in [1.54, 1.807) is 18.3 Å². The van der Waals surface area contributed by atoms with E-state index in [4.69, 9.17) is 9.72 Å². The zero-order valence-corrected chi connectivity index (χ0v) is 25.2. The van der Waals surface area contributed by atoms with Crippen LogP contribution >= 0.6 is 0 Å². The first kappa shape index (κ1) is 28.3. The summed E-state index contributed by atoms with van der Waals surface area (Å²) in [6.45, 7) is 5.55. The van der Waals surface area contributed by atoms with E-state index in [9.17, 15) is 14.9 Å². The molecule has 2 aromatic heterocycles. The number of imidazole rings is 1. The topological polar surface area (TPSA) is 124 Å². The minimum absolute atomic E-state index is 0.0127. The van der Waals surface area contributed by atoms with E-state index in [0.717, 1.165) is 53.0 Å². The summed E-state index contributed by atoms with van der Waals surface area (Å²) in [4.78, 5) is 33.9. The number of pyridine rings is 1. The third-order valence-electron chi connectivity index (χ3n) is 8.31. The predicted molar refractivity (Wildman–Crippen MR) is 173 cm³/mol. The van der Waals surface area contributed by atoms with Crippen LogP contribution < -0.4 is 10.6 Å². The fourth-order valence-corrected chi connectivity index (χ4v) is 6.12. The average molecular weight is 601 g/mol. The van der Waals surface area contributed by atoms with Crippen LogP contribution in [0.15, 0.2) is 91.1 Å².